The lowest BCUT2D eigenvalue weighted by atomic mass is 10.0. The molecule has 0 amide bonds. The highest BCUT2D eigenvalue weighted by Crippen LogP contribution is 2.47. The number of nitrogens with one attached hydrogen (secondary N) is 1. The molecule has 0 fully saturated rings. The fourth-order valence-electron chi connectivity index (χ4n) is 1.73. The van der Waals surface area contributed by atoms with Gasteiger partial charge in [0.05, 0.1) is 36.2 Å². The number of hydrogen-bond donors (Lipinski definition) is 2. The van der Waals surface area contributed by atoms with Crippen molar-refractivity contribution in [1.82, 2.24) is 4.98 Å². The highest BCUT2D eigenvalue weighted by molar-refractivity contribution is 6.56. The standard InChI is InChI=1S/C12H4Cl5NO3/c13-6-5(7(14)9(16)10(17)8(6)15)4-3(12(20)21)1-2-18-11(4)19/h1-2H,(H,18,19)(H,20,21). The summed E-state index contributed by atoms with van der Waals surface area (Å²) in [7, 11) is 0. The Hall–Kier alpha value is -0.910. The maximum Gasteiger partial charge on any atom is 0.336 e. The summed E-state index contributed by atoms with van der Waals surface area (Å²) in [4.78, 5) is 25.6. The minimum Gasteiger partial charge on any atom is -0.478 e. The van der Waals surface area contributed by atoms with E-state index < -0.39 is 11.5 Å². The van der Waals surface area contributed by atoms with Gasteiger partial charge in [0.15, 0.2) is 0 Å². The molecule has 0 aliphatic carbocycles. The number of H-pyrrole nitrogens is 1. The Morgan fingerprint density at radius 3 is 1.86 bits per heavy atom. The molecule has 21 heavy (non-hydrogen) atoms. The summed E-state index contributed by atoms with van der Waals surface area (Å²) in [5.41, 5.74) is -1.33. The van der Waals surface area contributed by atoms with Gasteiger partial charge in [0, 0.05) is 11.8 Å². The van der Waals surface area contributed by atoms with Crippen molar-refractivity contribution in [3.63, 3.8) is 0 Å². The van der Waals surface area contributed by atoms with E-state index in [2.05, 4.69) is 4.98 Å². The molecule has 2 rings (SSSR count). The molecule has 0 unspecified atom stereocenters. The van der Waals surface area contributed by atoms with E-state index in [1.165, 1.54) is 12.3 Å². The van der Waals surface area contributed by atoms with Crippen molar-refractivity contribution in [2.45, 2.75) is 0 Å². The lowest BCUT2D eigenvalue weighted by Gasteiger charge is -2.13. The molecule has 0 radical (unpaired) electrons. The normalized spacial score (nSPS) is 10.7. The molecular formula is C12H4Cl5NO3. The number of aromatic amines is 1. The lowest BCUT2D eigenvalue weighted by molar-refractivity contribution is 0.0697. The molecule has 9 heteroatoms. The zero-order valence-corrected chi connectivity index (χ0v) is 13.6. The van der Waals surface area contributed by atoms with E-state index in [4.69, 9.17) is 58.0 Å². The number of pyridine rings is 1. The number of carbonyl (C=O) groups is 1. The summed E-state index contributed by atoms with van der Waals surface area (Å²) in [6, 6.07) is 1.20. The fraction of sp³-hybridized carbons (Fsp3) is 0. The molecule has 1 heterocycles. The van der Waals surface area contributed by atoms with Crippen LogP contribution >= 0.6 is 58.0 Å². The van der Waals surface area contributed by atoms with Gasteiger partial charge in [0.25, 0.3) is 5.56 Å². The number of halogens is 5. The van der Waals surface area contributed by atoms with E-state index in [0.717, 1.165) is 0 Å². The minimum absolute atomic E-state index is 0.0821. The average molecular weight is 387 g/mol. The van der Waals surface area contributed by atoms with Crippen LogP contribution in [0.15, 0.2) is 17.1 Å². The molecule has 0 aliphatic heterocycles. The van der Waals surface area contributed by atoms with Crippen molar-refractivity contribution in [3.05, 3.63) is 53.3 Å². The first-order chi connectivity index (χ1) is 9.77. The summed E-state index contributed by atoms with van der Waals surface area (Å²) >= 11 is 29.8. The molecule has 0 aliphatic rings. The number of carboxylic acid groups (broad SMARTS) is 1. The zero-order valence-electron chi connectivity index (χ0n) is 9.81. The lowest BCUT2D eigenvalue weighted by Crippen LogP contribution is -2.14. The second kappa shape index (κ2) is 6.07. The largest absolute Gasteiger partial charge is 0.478 e. The molecule has 2 N–H and O–H groups in total. The van der Waals surface area contributed by atoms with Crippen LogP contribution in [-0.2, 0) is 0 Å². The molecule has 4 nitrogen and oxygen atoms in total. The molecule has 0 saturated heterocycles. The van der Waals surface area contributed by atoms with Crippen LogP contribution in [0.5, 0.6) is 0 Å². The Labute approximate surface area is 143 Å². The Morgan fingerprint density at radius 1 is 0.905 bits per heavy atom. The van der Waals surface area contributed by atoms with E-state index in [1.54, 1.807) is 0 Å². The molecular weight excluding hydrogens is 383 g/mol. The molecule has 110 valence electrons. The van der Waals surface area contributed by atoms with Crippen molar-refractivity contribution in [2.24, 2.45) is 0 Å². The second-order valence-electron chi connectivity index (χ2n) is 3.85. The molecule has 0 saturated carbocycles. The third-order valence-electron chi connectivity index (χ3n) is 2.65. The van der Waals surface area contributed by atoms with Crippen LogP contribution in [0.1, 0.15) is 10.4 Å². The summed E-state index contributed by atoms with van der Waals surface area (Å²) in [5.74, 6) is -1.33. The van der Waals surface area contributed by atoms with Gasteiger partial charge in [-0.2, -0.15) is 0 Å². The predicted molar refractivity (Wildman–Crippen MR) is 84.5 cm³/mol. The maximum absolute atomic E-state index is 12.0. The summed E-state index contributed by atoms with van der Waals surface area (Å²) in [5, 5.41) is 8.55. The number of aromatic carboxylic acids is 1. The third-order valence-corrected chi connectivity index (χ3v) is 4.93. The van der Waals surface area contributed by atoms with E-state index in [1.807, 2.05) is 0 Å². The molecule has 2 aromatic rings. The third kappa shape index (κ3) is 2.74. The summed E-state index contributed by atoms with van der Waals surface area (Å²) in [6.45, 7) is 0. The summed E-state index contributed by atoms with van der Waals surface area (Å²) < 4.78 is 0. The zero-order chi connectivity index (χ0) is 15.9. The van der Waals surface area contributed by atoms with Crippen LogP contribution in [0.2, 0.25) is 25.1 Å². The minimum atomic E-state index is -1.33. The highest BCUT2D eigenvalue weighted by Gasteiger charge is 2.25. The molecule has 1 aromatic heterocycles. The van der Waals surface area contributed by atoms with E-state index in [0.29, 0.717) is 0 Å². The van der Waals surface area contributed by atoms with Crippen molar-refractivity contribution in [2.75, 3.05) is 0 Å². The molecule has 0 bridgehead atoms. The van der Waals surface area contributed by atoms with Gasteiger partial charge in [-0.05, 0) is 6.07 Å². The van der Waals surface area contributed by atoms with Gasteiger partial charge >= 0.3 is 5.97 Å². The van der Waals surface area contributed by atoms with Gasteiger partial charge in [-0.25, -0.2) is 4.79 Å². The van der Waals surface area contributed by atoms with Gasteiger partial charge in [-0.1, -0.05) is 58.0 Å². The van der Waals surface area contributed by atoms with Gasteiger partial charge < -0.3 is 10.1 Å². The average Bonchev–Trinajstić information content (AvgIpc) is 2.44. The quantitative estimate of drug-likeness (QED) is 0.562. The van der Waals surface area contributed by atoms with Gasteiger partial charge in [0.2, 0.25) is 0 Å². The number of aromatic nitrogens is 1. The van der Waals surface area contributed by atoms with E-state index in [-0.39, 0.29) is 41.8 Å². The Bertz CT molecular complexity index is 786. The van der Waals surface area contributed by atoms with E-state index in [9.17, 15) is 14.7 Å². The first kappa shape index (κ1) is 16.5. The second-order valence-corrected chi connectivity index (χ2v) is 5.74. The number of hydrogen-bond acceptors (Lipinski definition) is 2. The Balaban J connectivity index is 3.00. The van der Waals surface area contributed by atoms with Crippen LogP contribution in [0.4, 0.5) is 0 Å². The van der Waals surface area contributed by atoms with Crippen molar-refractivity contribution in [3.8, 4) is 11.1 Å². The first-order valence-corrected chi connectivity index (χ1v) is 7.13. The monoisotopic (exact) mass is 385 g/mol. The maximum atomic E-state index is 12.0. The first-order valence-electron chi connectivity index (χ1n) is 5.24. The van der Waals surface area contributed by atoms with Gasteiger partial charge in [0.1, 0.15) is 0 Å². The number of carboxylic acids is 1. The van der Waals surface area contributed by atoms with Gasteiger partial charge in [-0.15, -0.1) is 0 Å². The Morgan fingerprint density at radius 2 is 1.38 bits per heavy atom. The van der Waals surface area contributed by atoms with Crippen LogP contribution in [0.25, 0.3) is 11.1 Å². The van der Waals surface area contributed by atoms with Crippen LogP contribution < -0.4 is 5.56 Å². The van der Waals surface area contributed by atoms with Crippen LogP contribution in [0, 0.1) is 0 Å². The van der Waals surface area contributed by atoms with Crippen LogP contribution in [0.3, 0.4) is 0 Å². The van der Waals surface area contributed by atoms with E-state index >= 15 is 0 Å². The van der Waals surface area contributed by atoms with Crippen molar-refractivity contribution >= 4 is 64.0 Å². The molecule has 0 atom stereocenters. The topological polar surface area (TPSA) is 70.2 Å². The van der Waals surface area contributed by atoms with Crippen LogP contribution in [-0.4, -0.2) is 16.1 Å². The number of rotatable bonds is 2. The predicted octanol–water partition coefficient (Wildman–Crippen LogP) is 5.01. The summed E-state index contributed by atoms with van der Waals surface area (Å²) in [6.07, 6.45) is 1.19. The van der Waals surface area contributed by atoms with Gasteiger partial charge in [-0.3, -0.25) is 4.79 Å². The molecule has 0 spiro atoms. The SMILES string of the molecule is O=C(O)c1cc[nH]c(=O)c1-c1c(Cl)c(Cl)c(Cl)c(Cl)c1Cl. The number of benzene rings is 1. The fourth-order valence-corrected chi connectivity index (χ4v) is 3.06. The smallest absolute Gasteiger partial charge is 0.336 e. The Kier molecular flexibility index (Phi) is 4.76. The highest BCUT2D eigenvalue weighted by atomic mass is 35.5. The van der Waals surface area contributed by atoms with Crippen molar-refractivity contribution < 1.29 is 9.90 Å². The molecule has 1 aromatic carbocycles. The van der Waals surface area contributed by atoms with Crippen molar-refractivity contribution in [1.29, 1.82) is 0 Å².